The Balaban J connectivity index is 1.36. The third-order valence-electron chi connectivity index (χ3n) is 9.71. The van der Waals surface area contributed by atoms with E-state index in [4.69, 9.17) is 21.9 Å². The summed E-state index contributed by atoms with van der Waals surface area (Å²) in [7, 11) is 0. The number of hydrogen-bond donors (Lipinski definition) is 0. The van der Waals surface area contributed by atoms with Crippen molar-refractivity contribution in [2.75, 3.05) is 0 Å². The first-order valence-corrected chi connectivity index (χ1v) is 17.2. The Morgan fingerprint density at radius 1 is 0.316 bits per heavy atom. The molecule has 57 heavy (non-hydrogen) atoms. The topological polar surface area (TPSA) is 14.8 Å². The second-order valence-electron chi connectivity index (χ2n) is 12.7. The number of para-hydroxylation sites is 6. The molecule has 3 heterocycles. The number of benzene rings is 9. The van der Waals surface area contributed by atoms with Crippen LogP contribution < -0.4 is 0 Å². The first kappa shape index (κ1) is 14.1. The van der Waals surface area contributed by atoms with Crippen molar-refractivity contribution in [3.05, 3.63) is 212 Å². The third kappa shape index (κ3) is 4.73. The Hall–Kier alpha value is -7.62. The quantitative estimate of drug-likeness (QED) is 0.166. The Morgan fingerprint density at radius 3 is 1.49 bits per heavy atom. The molecule has 0 saturated carbocycles. The van der Waals surface area contributed by atoms with Crippen LogP contribution in [0.2, 0.25) is 0 Å². The Morgan fingerprint density at radius 2 is 0.789 bits per heavy atom. The van der Waals surface area contributed by atoms with E-state index in [-0.39, 0.29) is 22.0 Å². The molecule has 0 radical (unpaired) electrons. The Bertz CT molecular complexity index is 5260. The van der Waals surface area contributed by atoms with E-state index in [1.807, 2.05) is 0 Å². The summed E-state index contributed by atoms with van der Waals surface area (Å²) in [5.41, 5.74) is -6.95. The first-order valence-electron chi connectivity index (χ1n) is 32.2. The van der Waals surface area contributed by atoms with Gasteiger partial charge in [0.2, 0.25) is 0 Å². The molecular weight excluding hydrogens is 691 g/mol. The highest BCUT2D eigenvalue weighted by Crippen LogP contribution is 2.43. The average Bonchev–Trinajstić information content (AvgIpc) is 1.54. The van der Waals surface area contributed by atoms with E-state index in [9.17, 15) is 19.2 Å². The van der Waals surface area contributed by atoms with Crippen LogP contribution in [0.4, 0.5) is 0 Å². The van der Waals surface area contributed by atoms with Gasteiger partial charge in [-0.1, -0.05) is 157 Å². The van der Waals surface area contributed by atoms with E-state index in [1.165, 1.54) is 24.3 Å². The summed E-state index contributed by atoms with van der Waals surface area (Å²) in [4.78, 5) is 0. The molecule has 266 valence electrons. The van der Waals surface area contributed by atoms with Crippen LogP contribution in [0.15, 0.2) is 212 Å². The minimum Gasteiger partial charge on any atom is -0.307 e. The molecule has 9 aromatic carbocycles. The molecule has 0 unspecified atom stereocenters. The standard InChI is InChI=1S/C54H35N3/c1-2-16-36(17-3-1)37-18-12-19-38(34-37)39-20-13-21-40(35-39)55-47-28-8-6-24-43(47)45-26-15-33-52(53(45)55)57-50-31-11-7-25-44(50)46-27-14-32-51(54(46)57)56-48-29-9-4-22-41(48)42-23-5-10-30-49(42)56/h1-35H/i1D,2D,3D,4D,5D,6D,7D,8D,9D,10D,11D,12D,14D,15D,16D,17D,18D,19D,22D,24D,25D,26D,27D,28D,29D,30D,31D,32D,33D,34D. The molecule has 0 spiro atoms. The molecule has 0 N–H and O–H groups in total. The van der Waals surface area contributed by atoms with Crippen molar-refractivity contribution in [3.8, 4) is 39.3 Å². The minimum atomic E-state index is -0.999. The Labute approximate surface area is 371 Å². The summed E-state index contributed by atoms with van der Waals surface area (Å²) in [6.07, 6.45) is 0. The van der Waals surface area contributed by atoms with E-state index in [2.05, 4.69) is 0 Å². The molecule has 0 fully saturated rings. The van der Waals surface area contributed by atoms with Crippen molar-refractivity contribution in [2.24, 2.45) is 0 Å². The van der Waals surface area contributed by atoms with Gasteiger partial charge >= 0.3 is 0 Å². The average molecular weight is 756 g/mol. The van der Waals surface area contributed by atoms with Crippen molar-refractivity contribution in [2.45, 2.75) is 0 Å². The SMILES string of the molecule is [2H]c1cc2c3c([2H])c([2H])c([2H])c([2H])c3n(-c3c([2H])c([2H])c([2H])c4c5c([2H])c([2H])c([2H])c([2H])c5n(-c5c([2H])c([2H])c([2H])c6c7c([2H])c([2H])c([2H])c([2H])c7n(-c7cccc(-c8c([2H])c([2H])c([2H])c(-c9c([2H])c([2H])c([2H])c([2H])c9[2H])c8[2H])c7)c56)c34)c2c([2H])c1[2H]. The van der Waals surface area contributed by atoms with Gasteiger partial charge in [0, 0.05) is 38.0 Å². The Kier molecular flexibility index (Phi) is 3.09. The van der Waals surface area contributed by atoms with E-state index >= 15 is 0 Å². The van der Waals surface area contributed by atoms with Crippen LogP contribution >= 0.6 is 0 Å². The number of hydrogen-bond acceptors (Lipinski definition) is 0. The van der Waals surface area contributed by atoms with Crippen LogP contribution in [-0.4, -0.2) is 13.7 Å². The lowest BCUT2D eigenvalue weighted by Crippen LogP contribution is -2.03. The summed E-state index contributed by atoms with van der Waals surface area (Å²) in [5.74, 6) is 0. The van der Waals surface area contributed by atoms with E-state index in [1.54, 1.807) is 0 Å². The fraction of sp³-hybridized carbons (Fsp3) is 0. The van der Waals surface area contributed by atoms with Crippen molar-refractivity contribution < 1.29 is 41.1 Å². The van der Waals surface area contributed by atoms with Crippen LogP contribution in [-0.2, 0) is 0 Å². The second-order valence-corrected chi connectivity index (χ2v) is 12.7. The van der Waals surface area contributed by atoms with Crippen LogP contribution in [0.3, 0.4) is 0 Å². The summed E-state index contributed by atoms with van der Waals surface area (Å²) in [5, 5.41) is -2.78. The monoisotopic (exact) mass is 755 g/mol. The molecule has 0 aliphatic heterocycles. The highest BCUT2D eigenvalue weighted by atomic mass is 15.1. The molecule has 3 nitrogen and oxygen atoms in total. The van der Waals surface area contributed by atoms with Gasteiger partial charge in [0.1, 0.15) is 0 Å². The lowest BCUT2D eigenvalue weighted by atomic mass is 9.99. The van der Waals surface area contributed by atoms with Crippen molar-refractivity contribution in [1.82, 2.24) is 13.7 Å². The van der Waals surface area contributed by atoms with Gasteiger partial charge in [0.05, 0.1) is 85.6 Å². The summed E-state index contributed by atoms with van der Waals surface area (Å²) in [6, 6.07) is -19.3. The third-order valence-corrected chi connectivity index (χ3v) is 9.71. The summed E-state index contributed by atoms with van der Waals surface area (Å²) < 4.78 is 277. The van der Waals surface area contributed by atoms with Crippen molar-refractivity contribution in [1.29, 1.82) is 0 Å². The van der Waals surface area contributed by atoms with Crippen LogP contribution in [0.1, 0.15) is 41.1 Å². The number of rotatable bonds is 5. The largest absolute Gasteiger partial charge is 0.307 e. The van der Waals surface area contributed by atoms with E-state index < -0.39 is 264 Å². The first-order chi connectivity index (χ1) is 40.8. The maximum Gasteiger partial charge on any atom is 0.0783 e. The van der Waals surface area contributed by atoms with Gasteiger partial charge in [-0.3, -0.25) is 0 Å². The number of nitrogens with zero attached hydrogens (tertiary/aromatic N) is 3. The molecule has 12 rings (SSSR count). The van der Waals surface area contributed by atoms with E-state index in [0.29, 0.717) is 0 Å². The molecule has 0 bridgehead atoms. The summed E-state index contributed by atoms with van der Waals surface area (Å²) >= 11 is 0. The number of aromatic nitrogens is 3. The maximum absolute atomic E-state index is 10.0. The molecule has 3 heteroatoms. The van der Waals surface area contributed by atoms with Gasteiger partial charge in [-0.05, 0) is 76.7 Å². The zero-order valence-electron chi connectivity index (χ0n) is 58.7. The molecule has 0 aliphatic carbocycles. The molecule has 12 aromatic rings. The van der Waals surface area contributed by atoms with Crippen LogP contribution in [0.25, 0.3) is 105 Å². The van der Waals surface area contributed by atoms with Crippen molar-refractivity contribution >= 4 is 65.4 Å². The van der Waals surface area contributed by atoms with E-state index in [0.717, 1.165) is 19.8 Å². The number of fused-ring (bicyclic) bond motifs is 9. The maximum atomic E-state index is 10.0. The zero-order valence-corrected chi connectivity index (χ0v) is 28.7. The highest BCUT2D eigenvalue weighted by molar-refractivity contribution is 6.17. The zero-order chi connectivity index (χ0) is 63.6. The molecule has 0 aliphatic rings. The predicted molar refractivity (Wildman–Crippen MR) is 240 cm³/mol. The van der Waals surface area contributed by atoms with Gasteiger partial charge in [0.15, 0.2) is 0 Å². The highest BCUT2D eigenvalue weighted by Gasteiger charge is 2.23. The second kappa shape index (κ2) is 12.5. The lowest BCUT2D eigenvalue weighted by molar-refractivity contribution is 1.11. The molecular formula is C54H35N3. The normalized spacial score (nSPS) is 19.2. The summed E-state index contributed by atoms with van der Waals surface area (Å²) in [6.45, 7) is 0. The molecule has 3 aromatic heterocycles. The van der Waals surface area contributed by atoms with Gasteiger partial charge in [-0.2, -0.15) is 0 Å². The van der Waals surface area contributed by atoms with Gasteiger partial charge < -0.3 is 13.7 Å². The fourth-order valence-electron chi connectivity index (χ4n) is 7.41. The van der Waals surface area contributed by atoms with Gasteiger partial charge in [0.25, 0.3) is 0 Å². The molecule has 0 saturated heterocycles. The van der Waals surface area contributed by atoms with Gasteiger partial charge in [-0.25, -0.2) is 0 Å². The van der Waals surface area contributed by atoms with Crippen LogP contribution in [0, 0.1) is 0 Å². The minimum absolute atomic E-state index is 0.183. The fourth-order valence-corrected chi connectivity index (χ4v) is 7.41. The molecule has 0 atom stereocenters. The van der Waals surface area contributed by atoms with Crippen LogP contribution in [0.5, 0.6) is 0 Å². The lowest BCUT2D eigenvalue weighted by Gasteiger charge is -2.17. The predicted octanol–water partition coefficient (Wildman–Crippen LogP) is 14.3. The smallest absolute Gasteiger partial charge is 0.0783 e. The molecule has 0 amide bonds. The van der Waals surface area contributed by atoms with Crippen molar-refractivity contribution in [3.63, 3.8) is 0 Å². The van der Waals surface area contributed by atoms with Gasteiger partial charge in [-0.15, -0.1) is 0 Å².